The van der Waals surface area contributed by atoms with E-state index in [9.17, 15) is 31.1 Å². The van der Waals surface area contributed by atoms with Crippen LogP contribution < -0.4 is 15.0 Å². The van der Waals surface area contributed by atoms with Crippen molar-refractivity contribution in [3.8, 4) is 5.88 Å². The minimum Gasteiger partial charge on any atom is -0.479 e. The lowest BCUT2D eigenvalue weighted by molar-refractivity contribution is -0.139. The van der Waals surface area contributed by atoms with Crippen LogP contribution in [0.15, 0.2) is 36.4 Å². The molecule has 0 atom stereocenters. The summed E-state index contributed by atoms with van der Waals surface area (Å²) in [5, 5.41) is 2.75. The molecule has 2 aromatic carbocycles. The maximum atomic E-state index is 13.7. The second-order valence-electron chi connectivity index (χ2n) is 9.86. The van der Waals surface area contributed by atoms with Crippen LogP contribution in [0.4, 0.5) is 42.2 Å². The summed E-state index contributed by atoms with van der Waals surface area (Å²) >= 11 is 0.996. The molecule has 2 aromatic heterocycles. The summed E-state index contributed by atoms with van der Waals surface area (Å²) in [6.07, 6.45) is -8.42. The lowest BCUT2D eigenvalue weighted by Gasteiger charge is -2.30. The SMILES string of the molecule is COc1nc(N2CCc3cccc(C(F)(F)F)c3C2)nc2sc(NC(=O)N3CCc4cccc(C(F)(F)F)c4C3)nc12. The van der Waals surface area contributed by atoms with E-state index in [4.69, 9.17) is 4.74 Å². The molecule has 0 spiro atoms. The number of nitrogens with one attached hydrogen (secondary N) is 1. The van der Waals surface area contributed by atoms with E-state index in [1.807, 2.05) is 0 Å². The quantitative estimate of drug-likeness (QED) is 0.276. The standard InChI is InChI=1S/C27H22F6N6O2S/c1-41-21-20-22(36-23(35-21)38-10-8-14-4-2-6-18(16(14)12-38)26(28,29)30)42-24(34-20)37-25(40)39-11-9-15-5-3-7-19(17(15)13-39)27(31,32)33/h2-7H,8-13H2,1H3,(H,34,37,40). The van der Waals surface area contributed by atoms with Crippen molar-refractivity contribution in [3.05, 3.63) is 69.8 Å². The molecule has 6 rings (SSSR count). The number of anilines is 2. The number of benzene rings is 2. The van der Waals surface area contributed by atoms with Gasteiger partial charge in [-0.05, 0) is 47.2 Å². The molecule has 4 heterocycles. The molecule has 0 aliphatic carbocycles. The van der Waals surface area contributed by atoms with Crippen molar-refractivity contribution < 1.29 is 35.9 Å². The third kappa shape index (κ3) is 5.16. The predicted molar refractivity (Wildman–Crippen MR) is 143 cm³/mol. The second-order valence-corrected chi connectivity index (χ2v) is 10.8. The first-order chi connectivity index (χ1) is 19.9. The number of nitrogens with zero attached hydrogens (tertiary/aromatic N) is 5. The highest BCUT2D eigenvalue weighted by molar-refractivity contribution is 7.22. The van der Waals surface area contributed by atoms with Gasteiger partial charge in [-0.1, -0.05) is 35.6 Å². The van der Waals surface area contributed by atoms with Crippen molar-refractivity contribution in [2.75, 3.05) is 30.4 Å². The Balaban J connectivity index is 1.24. The number of carbonyl (C=O) groups is 1. The van der Waals surface area contributed by atoms with Crippen LogP contribution >= 0.6 is 11.3 Å². The molecule has 2 aliphatic rings. The number of ether oxygens (including phenoxy) is 1. The Hall–Kier alpha value is -4.14. The van der Waals surface area contributed by atoms with Gasteiger partial charge < -0.3 is 14.5 Å². The Morgan fingerprint density at radius 3 is 2.12 bits per heavy atom. The van der Waals surface area contributed by atoms with Crippen molar-refractivity contribution in [1.82, 2.24) is 19.9 Å². The maximum absolute atomic E-state index is 13.7. The highest BCUT2D eigenvalue weighted by Gasteiger charge is 2.37. The topological polar surface area (TPSA) is 83.5 Å². The first-order valence-electron chi connectivity index (χ1n) is 12.8. The number of hydrogen-bond acceptors (Lipinski definition) is 7. The maximum Gasteiger partial charge on any atom is 0.416 e. The zero-order valence-corrected chi connectivity index (χ0v) is 22.8. The smallest absolute Gasteiger partial charge is 0.416 e. The van der Waals surface area contributed by atoms with Crippen LogP contribution in [0.1, 0.15) is 33.4 Å². The fraction of sp³-hybridized carbons (Fsp3) is 0.333. The summed E-state index contributed by atoms with van der Waals surface area (Å²) in [5.41, 5.74) is 0.135. The molecule has 2 amide bonds. The molecule has 0 fully saturated rings. The normalized spacial score (nSPS) is 15.4. The van der Waals surface area contributed by atoms with Gasteiger partial charge >= 0.3 is 18.4 Å². The highest BCUT2D eigenvalue weighted by atomic mass is 32.1. The summed E-state index contributed by atoms with van der Waals surface area (Å²) < 4.78 is 87.0. The fourth-order valence-electron chi connectivity index (χ4n) is 5.33. The Labute approximate surface area is 239 Å². The van der Waals surface area contributed by atoms with Crippen LogP contribution in [-0.4, -0.2) is 46.1 Å². The molecule has 220 valence electrons. The van der Waals surface area contributed by atoms with E-state index >= 15 is 0 Å². The van der Waals surface area contributed by atoms with Crippen molar-refractivity contribution in [2.45, 2.75) is 38.3 Å². The van der Waals surface area contributed by atoms with Crippen LogP contribution in [-0.2, 0) is 38.3 Å². The number of rotatable bonds is 3. The average Bonchev–Trinajstić information content (AvgIpc) is 3.36. The van der Waals surface area contributed by atoms with E-state index in [1.54, 1.807) is 17.0 Å². The minimum atomic E-state index is -4.55. The summed E-state index contributed by atoms with van der Waals surface area (Å²) in [6.45, 7) is 0.320. The monoisotopic (exact) mass is 608 g/mol. The lowest BCUT2D eigenvalue weighted by Crippen LogP contribution is -2.39. The molecule has 0 saturated carbocycles. The molecule has 0 radical (unpaired) electrons. The van der Waals surface area contributed by atoms with E-state index in [0.29, 0.717) is 28.9 Å². The van der Waals surface area contributed by atoms with E-state index in [-0.39, 0.29) is 59.7 Å². The number of fused-ring (bicyclic) bond motifs is 3. The van der Waals surface area contributed by atoms with Gasteiger partial charge in [-0.3, -0.25) is 5.32 Å². The molecule has 15 heteroatoms. The summed E-state index contributed by atoms with van der Waals surface area (Å²) in [4.78, 5) is 29.5. The molecule has 0 bridgehead atoms. The van der Waals surface area contributed by atoms with Crippen LogP contribution in [0.3, 0.4) is 0 Å². The van der Waals surface area contributed by atoms with Gasteiger partial charge in [0.2, 0.25) is 11.8 Å². The molecular formula is C27H22F6N6O2S. The van der Waals surface area contributed by atoms with Gasteiger partial charge in [0.1, 0.15) is 0 Å². The Morgan fingerprint density at radius 2 is 1.50 bits per heavy atom. The van der Waals surface area contributed by atoms with Crippen molar-refractivity contribution >= 4 is 38.8 Å². The minimum absolute atomic E-state index is 0.0571. The van der Waals surface area contributed by atoms with Gasteiger partial charge in [-0.25, -0.2) is 9.78 Å². The number of urea groups is 1. The van der Waals surface area contributed by atoms with Crippen LogP contribution in [0.25, 0.3) is 10.3 Å². The first kappa shape index (κ1) is 28.0. The van der Waals surface area contributed by atoms with Gasteiger partial charge in [-0.2, -0.15) is 36.3 Å². The third-order valence-corrected chi connectivity index (χ3v) is 8.21. The number of methoxy groups -OCH3 is 1. The third-order valence-electron chi connectivity index (χ3n) is 7.35. The van der Waals surface area contributed by atoms with E-state index < -0.39 is 29.5 Å². The Bertz CT molecular complexity index is 1690. The largest absolute Gasteiger partial charge is 0.479 e. The number of amides is 2. The molecule has 1 N–H and O–H groups in total. The van der Waals surface area contributed by atoms with Gasteiger partial charge in [0.05, 0.1) is 18.2 Å². The van der Waals surface area contributed by atoms with E-state index in [0.717, 1.165) is 23.5 Å². The molecule has 2 aliphatic heterocycles. The average molecular weight is 609 g/mol. The van der Waals surface area contributed by atoms with Gasteiger partial charge in [-0.15, -0.1) is 0 Å². The first-order valence-corrected chi connectivity index (χ1v) is 13.6. The van der Waals surface area contributed by atoms with E-state index in [1.165, 1.54) is 24.1 Å². The molecule has 42 heavy (non-hydrogen) atoms. The summed E-state index contributed by atoms with van der Waals surface area (Å²) in [6, 6.07) is 7.48. The van der Waals surface area contributed by atoms with Crippen molar-refractivity contribution in [1.29, 1.82) is 0 Å². The van der Waals surface area contributed by atoms with Crippen molar-refractivity contribution in [3.63, 3.8) is 0 Å². The number of carbonyl (C=O) groups excluding carboxylic acids is 1. The summed E-state index contributed by atoms with van der Waals surface area (Å²) in [7, 11) is 1.36. The van der Waals surface area contributed by atoms with Crippen LogP contribution in [0, 0.1) is 0 Å². The van der Waals surface area contributed by atoms with E-state index in [2.05, 4.69) is 20.3 Å². The number of hydrogen-bond donors (Lipinski definition) is 1. The molecule has 4 aromatic rings. The fourth-order valence-corrected chi connectivity index (χ4v) is 6.15. The predicted octanol–water partition coefficient (Wildman–Crippen LogP) is 6.29. The number of thiazole rings is 1. The van der Waals surface area contributed by atoms with Gasteiger partial charge in [0, 0.05) is 26.2 Å². The lowest BCUT2D eigenvalue weighted by atomic mass is 9.95. The van der Waals surface area contributed by atoms with Gasteiger partial charge in [0.25, 0.3) is 0 Å². The zero-order chi connectivity index (χ0) is 29.8. The van der Waals surface area contributed by atoms with Crippen LogP contribution in [0.2, 0.25) is 0 Å². The molecule has 0 unspecified atom stereocenters. The van der Waals surface area contributed by atoms with Crippen LogP contribution in [0.5, 0.6) is 5.88 Å². The highest BCUT2D eigenvalue weighted by Crippen LogP contribution is 2.39. The second kappa shape index (κ2) is 10.3. The molecule has 8 nitrogen and oxygen atoms in total. The number of alkyl halides is 6. The number of halogens is 6. The molecule has 0 saturated heterocycles. The zero-order valence-electron chi connectivity index (χ0n) is 21.9. The molecular weight excluding hydrogens is 586 g/mol. The Morgan fingerprint density at radius 1 is 0.881 bits per heavy atom. The number of aromatic nitrogens is 3. The summed E-state index contributed by atoms with van der Waals surface area (Å²) in [5.74, 6) is 0.221. The Kier molecular flexibility index (Phi) is 6.86. The van der Waals surface area contributed by atoms with Gasteiger partial charge in [0.15, 0.2) is 15.5 Å². The van der Waals surface area contributed by atoms with Crippen molar-refractivity contribution in [2.24, 2.45) is 0 Å².